The normalized spacial score (nSPS) is 30.8. The van der Waals surface area contributed by atoms with Crippen LogP contribution in [0.5, 0.6) is 0 Å². The molecule has 0 aromatic carbocycles. The number of carbonyl (C=O) groups excluding carboxylic acids is 1. The highest BCUT2D eigenvalue weighted by Gasteiger charge is 2.58. The Labute approximate surface area is 315 Å². The first kappa shape index (κ1) is 42.6. The lowest BCUT2D eigenvalue weighted by atomic mass is 9.47. The average Bonchev–Trinajstić information content (AvgIpc) is 3.46. The summed E-state index contributed by atoms with van der Waals surface area (Å²) in [6.45, 7) is 22.0. The van der Waals surface area contributed by atoms with Crippen molar-refractivity contribution in [3.05, 3.63) is 11.6 Å². The Morgan fingerprint density at radius 1 is 0.882 bits per heavy atom. The van der Waals surface area contributed by atoms with Crippen molar-refractivity contribution in [2.24, 2.45) is 51.9 Å². The van der Waals surface area contributed by atoms with Crippen molar-refractivity contribution in [1.82, 2.24) is 10.2 Å². The first-order chi connectivity index (χ1) is 24.3. The minimum absolute atomic E-state index is 0.0123. The summed E-state index contributed by atoms with van der Waals surface area (Å²) in [5, 5.41) is 3.59. The quantitative estimate of drug-likeness (QED) is 0.0814. The van der Waals surface area contributed by atoms with Crippen molar-refractivity contribution in [3.8, 4) is 0 Å². The molecule has 3 fully saturated rings. The van der Waals surface area contributed by atoms with Crippen molar-refractivity contribution < 1.29 is 9.53 Å². The van der Waals surface area contributed by atoms with Crippen LogP contribution in [0.25, 0.3) is 0 Å². The van der Waals surface area contributed by atoms with E-state index < -0.39 is 0 Å². The van der Waals surface area contributed by atoms with E-state index in [1.165, 1.54) is 57.8 Å². The van der Waals surface area contributed by atoms with Gasteiger partial charge in [0.2, 0.25) is 0 Å². The maximum absolute atomic E-state index is 13.8. The number of fused-ring (bicyclic) bond motifs is 5. The lowest BCUT2D eigenvalue weighted by molar-refractivity contribution is -0.0534. The highest BCUT2D eigenvalue weighted by atomic mass is 16.6. The Morgan fingerprint density at radius 2 is 1.59 bits per heavy atom. The molecule has 5 N–H and O–H groups in total. The first-order valence-electron chi connectivity index (χ1n) is 22.2. The molecule has 4 aliphatic rings. The highest BCUT2D eigenvalue weighted by Crippen LogP contribution is 2.66. The van der Waals surface area contributed by atoms with Gasteiger partial charge in [-0.15, -0.1) is 0 Å². The summed E-state index contributed by atoms with van der Waals surface area (Å²) in [6, 6.07) is 0. The van der Waals surface area contributed by atoms with Gasteiger partial charge in [-0.3, -0.25) is 0 Å². The van der Waals surface area contributed by atoms with E-state index in [1.54, 1.807) is 5.57 Å². The molecule has 0 bridgehead atoms. The number of allylic oxidation sites excluding steroid dienone is 1. The predicted molar refractivity (Wildman–Crippen MR) is 217 cm³/mol. The molecule has 3 saturated carbocycles. The summed E-state index contributed by atoms with van der Waals surface area (Å²) in [5.74, 6) is 4.29. The summed E-state index contributed by atoms with van der Waals surface area (Å²) >= 11 is 0. The Kier molecular flexibility index (Phi) is 15.9. The average molecular weight is 713 g/mol. The fourth-order valence-electron chi connectivity index (χ4n) is 11.3. The molecular weight excluding hydrogens is 629 g/mol. The number of amides is 1. The van der Waals surface area contributed by atoms with Gasteiger partial charge in [-0.05, 0) is 156 Å². The molecule has 7 atom stereocenters. The zero-order valence-corrected chi connectivity index (χ0v) is 34.9. The second-order valence-corrected chi connectivity index (χ2v) is 19.1. The Bertz CT molecular complexity index is 1100. The lowest BCUT2D eigenvalue weighted by Crippen LogP contribution is -2.51. The fraction of sp³-hybridized carbons (Fsp3) is 0.933. The van der Waals surface area contributed by atoms with Gasteiger partial charge < -0.3 is 26.4 Å². The van der Waals surface area contributed by atoms with Crippen LogP contribution in [0.4, 0.5) is 4.79 Å². The maximum atomic E-state index is 13.8. The summed E-state index contributed by atoms with van der Waals surface area (Å²) in [5.41, 5.74) is 15.3. The van der Waals surface area contributed by atoms with Gasteiger partial charge in [0, 0.05) is 30.6 Å². The van der Waals surface area contributed by atoms with Crippen molar-refractivity contribution >= 4 is 6.09 Å². The highest BCUT2D eigenvalue weighted by molar-refractivity contribution is 5.68. The van der Waals surface area contributed by atoms with Crippen LogP contribution in [0.2, 0.25) is 0 Å². The summed E-state index contributed by atoms with van der Waals surface area (Å²) in [7, 11) is 0. The van der Waals surface area contributed by atoms with Gasteiger partial charge in [0.15, 0.2) is 0 Å². The molecule has 51 heavy (non-hydrogen) atoms. The number of hydrogen-bond acceptors (Lipinski definition) is 5. The fourth-order valence-corrected chi connectivity index (χ4v) is 11.3. The largest absolute Gasteiger partial charge is 0.446 e. The van der Waals surface area contributed by atoms with Crippen LogP contribution < -0.4 is 16.8 Å². The van der Waals surface area contributed by atoms with Crippen molar-refractivity contribution in [3.63, 3.8) is 0 Å². The summed E-state index contributed by atoms with van der Waals surface area (Å²) in [4.78, 5) is 15.8. The van der Waals surface area contributed by atoms with Crippen LogP contribution in [0.15, 0.2) is 11.6 Å². The molecule has 7 unspecified atom stereocenters. The van der Waals surface area contributed by atoms with Gasteiger partial charge in [0.25, 0.3) is 0 Å². The third-order valence-corrected chi connectivity index (χ3v) is 15.9. The van der Waals surface area contributed by atoms with E-state index in [0.717, 1.165) is 120 Å². The Hall–Kier alpha value is -1.11. The standard InChI is InChI=1S/C45H84N4O2/c1-9-44(46,10-2)27-30-48-29-15-16-31-49(32-28-45(47,11-3)12-4)41(50)51-37-23-25-43(8)36(33-37)19-21-38-39-22-20-35(18-14-13-17-34(5)6)42(39,7)26-24-40(38)43/h19,34-35,37-40,48H,9-18,20-33,46-47H2,1-8H3. The van der Waals surface area contributed by atoms with Crippen LogP contribution >= 0.6 is 0 Å². The van der Waals surface area contributed by atoms with Crippen molar-refractivity contribution in [2.45, 2.75) is 201 Å². The van der Waals surface area contributed by atoms with E-state index in [2.05, 4.69) is 66.8 Å². The van der Waals surface area contributed by atoms with Crippen LogP contribution in [0, 0.1) is 40.4 Å². The number of ether oxygens (including phenoxy) is 1. The number of unbranched alkanes of at least 4 members (excludes halogenated alkanes) is 2. The molecule has 6 heteroatoms. The predicted octanol–water partition coefficient (Wildman–Crippen LogP) is 10.8. The smallest absolute Gasteiger partial charge is 0.410 e. The van der Waals surface area contributed by atoms with Gasteiger partial charge >= 0.3 is 6.09 Å². The summed E-state index contributed by atoms with van der Waals surface area (Å²) in [6.07, 6.45) is 25.9. The minimum atomic E-state index is -0.230. The second-order valence-electron chi connectivity index (χ2n) is 19.1. The molecule has 296 valence electrons. The van der Waals surface area contributed by atoms with Crippen molar-refractivity contribution in [2.75, 3.05) is 26.2 Å². The summed E-state index contributed by atoms with van der Waals surface area (Å²) < 4.78 is 6.41. The van der Waals surface area contributed by atoms with Gasteiger partial charge in [-0.25, -0.2) is 4.79 Å². The molecule has 0 aliphatic heterocycles. The van der Waals surface area contributed by atoms with Gasteiger partial charge in [0.1, 0.15) is 6.10 Å². The van der Waals surface area contributed by atoms with E-state index in [0.29, 0.717) is 12.0 Å². The monoisotopic (exact) mass is 713 g/mol. The topological polar surface area (TPSA) is 93.6 Å². The van der Waals surface area contributed by atoms with Crippen LogP contribution in [0.1, 0.15) is 184 Å². The van der Waals surface area contributed by atoms with Gasteiger partial charge in [-0.1, -0.05) is 86.3 Å². The van der Waals surface area contributed by atoms with E-state index in [-0.39, 0.29) is 28.7 Å². The molecular formula is C45H84N4O2. The molecule has 0 aromatic heterocycles. The molecule has 6 nitrogen and oxygen atoms in total. The molecule has 0 saturated heterocycles. The third-order valence-electron chi connectivity index (χ3n) is 15.9. The number of hydrogen-bond donors (Lipinski definition) is 3. The maximum Gasteiger partial charge on any atom is 0.410 e. The number of nitrogens with zero attached hydrogens (tertiary/aromatic N) is 1. The SMILES string of the molecule is CCC(N)(CC)CCNCCCCN(CCC(N)(CC)CC)C(=O)OC1CCC2(C)C(=CCC3C2CCC2(C)C(CCCCC(C)C)CCC32)C1. The van der Waals surface area contributed by atoms with Gasteiger partial charge in [0.05, 0.1) is 0 Å². The molecule has 4 rings (SSSR count). The Balaban J connectivity index is 1.31. The third kappa shape index (κ3) is 10.6. The second kappa shape index (κ2) is 19.0. The zero-order valence-electron chi connectivity index (χ0n) is 34.9. The van der Waals surface area contributed by atoms with E-state index in [1.807, 2.05) is 4.90 Å². The van der Waals surface area contributed by atoms with Crippen molar-refractivity contribution in [1.29, 1.82) is 0 Å². The molecule has 1 amide bonds. The van der Waals surface area contributed by atoms with E-state index in [4.69, 9.17) is 16.2 Å². The molecule has 0 radical (unpaired) electrons. The number of rotatable bonds is 21. The molecule has 0 spiro atoms. The van der Waals surface area contributed by atoms with E-state index >= 15 is 0 Å². The Morgan fingerprint density at radius 3 is 2.27 bits per heavy atom. The lowest BCUT2D eigenvalue weighted by Gasteiger charge is -2.58. The first-order valence-corrected chi connectivity index (χ1v) is 22.2. The van der Waals surface area contributed by atoms with Crippen LogP contribution in [-0.2, 0) is 4.74 Å². The molecule has 0 aromatic rings. The molecule has 4 aliphatic carbocycles. The van der Waals surface area contributed by atoms with E-state index in [9.17, 15) is 4.79 Å². The number of nitrogens with two attached hydrogens (primary N) is 2. The van der Waals surface area contributed by atoms with Crippen LogP contribution in [-0.4, -0.2) is 54.4 Å². The van der Waals surface area contributed by atoms with Gasteiger partial charge in [-0.2, -0.15) is 0 Å². The zero-order chi connectivity index (χ0) is 37.3. The molecule has 0 heterocycles. The number of carbonyl (C=O) groups is 1. The minimum Gasteiger partial charge on any atom is -0.446 e. The van der Waals surface area contributed by atoms with Crippen LogP contribution in [0.3, 0.4) is 0 Å². The number of nitrogens with one attached hydrogen (secondary N) is 1.